The van der Waals surface area contributed by atoms with Crippen molar-refractivity contribution in [3.8, 4) is 0 Å². The molecule has 4 heterocycles. The molecule has 0 bridgehead atoms. The van der Waals surface area contributed by atoms with Crippen LogP contribution in [0.3, 0.4) is 0 Å². The van der Waals surface area contributed by atoms with Crippen LogP contribution in [0.1, 0.15) is 22.1 Å². The first-order valence-corrected chi connectivity index (χ1v) is 8.34. The molecule has 0 aromatic carbocycles. The Labute approximate surface area is 153 Å². The summed E-state index contributed by atoms with van der Waals surface area (Å²) >= 11 is 5.90. The second-order valence-electron chi connectivity index (χ2n) is 6.12. The van der Waals surface area contributed by atoms with E-state index in [2.05, 4.69) is 15.0 Å². The predicted octanol–water partition coefficient (Wildman–Crippen LogP) is 1.72. The van der Waals surface area contributed by atoms with Crippen LogP contribution >= 0.6 is 11.6 Å². The van der Waals surface area contributed by atoms with Gasteiger partial charge in [-0.25, -0.2) is 9.97 Å². The summed E-state index contributed by atoms with van der Waals surface area (Å²) in [6.07, 6.45) is 6.22. The van der Waals surface area contributed by atoms with Crippen molar-refractivity contribution < 1.29 is 14.7 Å². The number of nitrogens with zero attached hydrogens (tertiary/aromatic N) is 5. The quantitative estimate of drug-likeness (QED) is 0.752. The Morgan fingerprint density at radius 2 is 2.04 bits per heavy atom. The molecule has 132 valence electrons. The smallest absolute Gasteiger partial charge is 0.309 e. The fraction of sp³-hybridized carbons (Fsp3) is 0.235. The van der Waals surface area contributed by atoms with Gasteiger partial charge in [0.2, 0.25) is 5.78 Å². The summed E-state index contributed by atoms with van der Waals surface area (Å²) in [5, 5.41) is 9.98. The third kappa shape index (κ3) is 2.88. The van der Waals surface area contributed by atoms with Crippen LogP contribution in [0, 0.1) is 5.92 Å². The molecule has 1 amide bonds. The zero-order chi connectivity index (χ0) is 18.3. The Balaban J connectivity index is 1.62. The lowest BCUT2D eigenvalue weighted by Gasteiger charge is -2.14. The number of carbonyl (C=O) groups excluding carboxylic acids is 1. The van der Waals surface area contributed by atoms with Gasteiger partial charge in [-0.15, -0.1) is 0 Å². The number of pyridine rings is 1. The van der Waals surface area contributed by atoms with E-state index in [4.69, 9.17) is 11.6 Å². The highest BCUT2D eigenvalue weighted by molar-refractivity contribution is 6.30. The summed E-state index contributed by atoms with van der Waals surface area (Å²) in [5.41, 5.74) is 0.865. The van der Waals surface area contributed by atoms with E-state index in [1.54, 1.807) is 35.1 Å². The zero-order valence-corrected chi connectivity index (χ0v) is 14.2. The molecule has 2 atom stereocenters. The van der Waals surface area contributed by atoms with Gasteiger partial charge in [-0.05, 0) is 12.1 Å². The van der Waals surface area contributed by atoms with Crippen molar-refractivity contribution in [2.45, 2.75) is 5.92 Å². The van der Waals surface area contributed by atoms with Crippen LogP contribution in [0.2, 0.25) is 5.02 Å². The van der Waals surface area contributed by atoms with Gasteiger partial charge in [-0.1, -0.05) is 17.7 Å². The van der Waals surface area contributed by atoms with E-state index in [0.717, 1.165) is 0 Å². The molecule has 26 heavy (non-hydrogen) atoms. The van der Waals surface area contributed by atoms with Crippen LogP contribution in [0.25, 0.3) is 5.78 Å². The number of carbonyl (C=O) groups is 2. The summed E-state index contributed by atoms with van der Waals surface area (Å²) < 4.78 is 1.57. The third-order valence-corrected chi connectivity index (χ3v) is 4.68. The van der Waals surface area contributed by atoms with Gasteiger partial charge in [-0.2, -0.15) is 0 Å². The Hall–Kier alpha value is -3.00. The van der Waals surface area contributed by atoms with Crippen molar-refractivity contribution in [2.75, 3.05) is 13.1 Å². The lowest BCUT2D eigenvalue weighted by Crippen LogP contribution is -2.30. The van der Waals surface area contributed by atoms with Crippen molar-refractivity contribution in [1.29, 1.82) is 0 Å². The van der Waals surface area contributed by atoms with Crippen molar-refractivity contribution in [3.05, 3.63) is 59.4 Å². The van der Waals surface area contributed by atoms with E-state index in [-0.39, 0.29) is 30.6 Å². The molecular formula is C17H14ClN5O3. The molecule has 0 saturated carbocycles. The summed E-state index contributed by atoms with van der Waals surface area (Å²) in [4.78, 5) is 38.5. The number of aliphatic carboxylic acids is 1. The molecule has 1 saturated heterocycles. The summed E-state index contributed by atoms with van der Waals surface area (Å²) in [5.74, 6) is -2.00. The first-order valence-electron chi connectivity index (χ1n) is 7.96. The molecule has 0 unspecified atom stereocenters. The second kappa shape index (κ2) is 6.38. The fourth-order valence-corrected chi connectivity index (χ4v) is 3.39. The fourth-order valence-electron chi connectivity index (χ4n) is 3.24. The molecule has 3 aromatic heterocycles. The van der Waals surface area contributed by atoms with E-state index < -0.39 is 11.9 Å². The molecule has 0 aliphatic carbocycles. The lowest BCUT2D eigenvalue weighted by molar-refractivity contribution is -0.141. The molecule has 1 fully saturated rings. The molecule has 9 heteroatoms. The predicted molar refractivity (Wildman–Crippen MR) is 92.0 cm³/mol. The number of halogens is 1. The van der Waals surface area contributed by atoms with Crippen LogP contribution < -0.4 is 0 Å². The third-order valence-electron chi connectivity index (χ3n) is 4.49. The summed E-state index contributed by atoms with van der Waals surface area (Å²) in [7, 11) is 0. The van der Waals surface area contributed by atoms with Gasteiger partial charge in [0.05, 0.1) is 17.1 Å². The molecular weight excluding hydrogens is 358 g/mol. The maximum Gasteiger partial charge on any atom is 0.309 e. The zero-order valence-electron chi connectivity index (χ0n) is 13.5. The van der Waals surface area contributed by atoms with Gasteiger partial charge in [0.1, 0.15) is 5.69 Å². The van der Waals surface area contributed by atoms with Crippen LogP contribution in [0.4, 0.5) is 0 Å². The highest BCUT2D eigenvalue weighted by Crippen LogP contribution is 2.32. The Bertz CT molecular complexity index is 990. The molecule has 3 aromatic rings. The van der Waals surface area contributed by atoms with Gasteiger partial charge in [0.25, 0.3) is 5.91 Å². The largest absolute Gasteiger partial charge is 0.481 e. The van der Waals surface area contributed by atoms with Gasteiger partial charge in [0.15, 0.2) is 0 Å². The first kappa shape index (κ1) is 16.5. The number of rotatable bonds is 3. The van der Waals surface area contributed by atoms with E-state index in [1.807, 2.05) is 6.07 Å². The highest BCUT2D eigenvalue weighted by Gasteiger charge is 2.41. The average Bonchev–Trinajstić information content (AvgIpc) is 3.26. The monoisotopic (exact) mass is 371 g/mol. The first-order chi connectivity index (χ1) is 12.5. The SMILES string of the molecule is O=C(O)[C@@H]1CN(C(=O)c2cn3cc(Cl)cnc3n2)C[C@H]1c1ccccn1. The van der Waals surface area contributed by atoms with E-state index in [0.29, 0.717) is 16.5 Å². The molecule has 0 spiro atoms. The van der Waals surface area contributed by atoms with Crippen LogP contribution in [-0.2, 0) is 4.79 Å². The van der Waals surface area contributed by atoms with Gasteiger partial charge < -0.3 is 10.0 Å². The highest BCUT2D eigenvalue weighted by atomic mass is 35.5. The number of fused-ring (bicyclic) bond motifs is 1. The topological polar surface area (TPSA) is 101 Å². The number of likely N-dealkylation sites (tertiary alicyclic amines) is 1. The lowest BCUT2D eigenvalue weighted by atomic mass is 9.93. The van der Waals surface area contributed by atoms with Crippen molar-refractivity contribution in [3.63, 3.8) is 0 Å². The summed E-state index contributed by atoms with van der Waals surface area (Å²) in [6.45, 7) is 0.381. The van der Waals surface area contributed by atoms with Gasteiger partial charge in [0, 0.05) is 43.3 Å². The standard InChI is InChI=1S/C17H14ClN5O3/c18-10-5-20-17-21-14(9-23(17)6-10)15(24)22-7-11(12(8-22)16(25)26)13-3-1-2-4-19-13/h1-6,9,11-12H,7-8H2,(H,25,26)/t11-,12-/m1/s1. The Morgan fingerprint density at radius 1 is 1.19 bits per heavy atom. The molecule has 1 aliphatic rings. The number of imidazole rings is 1. The Morgan fingerprint density at radius 3 is 2.77 bits per heavy atom. The van der Waals surface area contributed by atoms with Crippen molar-refractivity contribution in [2.24, 2.45) is 5.92 Å². The average molecular weight is 372 g/mol. The van der Waals surface area contributed by atoms with Gasteiger partial charge in [-0.3, -0.25) is 19.0 Å². The van der Waals surface area contributed by atoms with Gasteiger partial charge >= 0.3 is 5.97 Å². The minimum atomic E-state index is -0.945. The van der Waals surface area contributed by atoms with Crippen molar-refractivity contribution >= 4 is 29.3 Å². The van der Waals surface area contributed by atoms with E-state index in [9.17, 15) is 14.7 Å². The molecule has 1 aliphatic heterocycles. The molecule has 0 radical (unpaired) electrons. The molecule has 1 N–H and O–H groups in total. The normalized spacial score (nSPS) is 19.8. The summed E-state index contributed by atoms with van der Waals surface area (Å²) in [6, 6.07) is 5.36. The number of amides is 1. The number of carboxylic acids is 1. The number of carboxylic acid groups (broad SMARTS) is 1. The minimum Gasteiger partial charge on any atom is -0.481 e. The van der Waals surface area contributed by atoms with Crippen molar-refractivity contribution in [1.82, 2.24) is 24.3 Å². The van der Waals surface area contributed by atoms with Crippen LogP contribution in [-0.4, -0.2) is 54.3 Å². The molecule has 4 rings (SSSR count). The number of hydrogen-bond donors (Lipinski definition) is 1. The van der Waals surface area contributed by atoms with E-state index >= 15 is 0 Å². The maximum absolute atomic E-state index is 12.8. The Kier molecular flexibility index (Phi) is 4.04. The number of hydrogen-bond acceptors (Lipinski definition) is 5. The second-order valence-corrected chi connectivity index (χ2v) is 6.56. The minimum absolute atomic E-state index is 0.109. The maximum atomic E-state index is 12.8. The number of aromatic nitrogens is 4. The van der Waals surface area contributed by atoms with Crippen LogP contribution in [0.15, 0.2) is 43.0 Å². The van der Waals surface area contributed by atoms with E-state index in [1.165, 1.54) is 11.1 Å². The molecule has 8 nitrogen and oxygen atoms in total. The van der Waals surface area contributed by atoms with Crippen LogP contribution in [0.5, 0.6) is 0 Å².